The molecule has 35 heavy (non-hydrogen) atoms. The standard InChI is InChI=1S/C24H27N3O6S2/c28-16-9-15(10-16)26-34(30,31)17-3-5-19-20-6-4-18(12-22(20)24(25-29)21(19)11-17)35(32,33)27-23-8-13-1-2-14(23)7-13/h3-6,11-16,23,26-29H,1-2,7-10H2/b25-24-. The Morgan fingerprint density at radius 2 is 1.37 bits per heavy atom. The van der Waals surface area contributed by atoms with Gasteiger partial charge in [-0.2, -0.15) is 0 Å². The third-order valence-corrected chi connectivity index (χ3v) is 11.0. The molecule has 3 fully saturated rings. The quantitative estimate of drug-likeness (QED) is 0.291. The zero-order valence-corrected chi connectivity index (χ0v) is 20.5. The molecule has 2 aromatic carbocycles. The van der Waals surface area contributed by atoms with Crippen LogP contribution in [0.15, 0.2) is 51.3 Å². The van der Waals surface area contributed by atoms with Crippen LogP contribution < -0.4 is 9.44 Å². The van der Waals surface area contributed by atoms with Gasteiger partial charge in [-0.1, -0.05) is 23.7 Å². The number of nitrogens with one attached hydrogen (secondary N) is 2. The van der Waals surface area contributed by atoms with Gasteiger partial charge < -0.3 is 10.3 Å². The van der Waals surface area contributed by atoms with Crippen molar-refractivity contribution in [2.45, 2.75) is 66.5 Å². The predicted molar refractivity (Wildman–Crippen MR) is 128 cm³/mol. The van der Waals surface area contributed by atoms with Crippen molar-refractivity contribution >= 4 is 25.8 Å². The summed E-state index contributed by atoms with van der Waals surface area (Å²) in [6, 6.07) is 8.87. The molecule has 4 aliphatic rings. The van der Waals surface area contributed by atoms with Crippen LogP contribution in [-0.2, 0) is 20.0 Å². The normalized spacial score (nSPS) is 30.3. The van der Waals surface area contributed by atoms with Crippen molar-refractivity contribution in [3.63, 3.8) is 0 Å². The van der Waals surface area contributed by atoms with Gasteiger partial charge in [0.2, 0.25) is 20.0 Å². The highest BCUT2D eigenvalue weighted by atomic mass is 32.2. The molecule has 2 aromatic rings. The summed E-state index contributed by atoms with van der Waals surface area (Å²) in [6.45, 7) is 0. The van der Waals surface area contributed by atoms with Crippen LogP contribution in [0, 0.1) is 11.8 Å². The summed E-state index contributed by atoms with van der Waals surface area (Å²) in [5.74, 6) is 0.991. The number of hydrogen-bond donors (Lipinski definition) is 4. The van der Waals surface area contributed by atoms with Crippen LogP contribution in [0.1, 0.15) is 49.7 Å². The molecule has 0 radical (unpaired) electrons. The fourth-order valence-electron chi connectivity index (χ4n) is 6.12. The molecular weight excluding hydrogens is 490 g/mol. The third-order valence-electron chi connectivity index (χ3n) is 7.98. The summed E-state index contributed by atoms with van der Waals surface area (Å²) in [7, 11) is -7.60. The van der Waals surface area contributed by atoms with Gasteiger partial charge in [0, 0.05) is 23.2 Å². The Hall–Kier alpha value is -2.31. The summed E-state index contributed by atoms with van der Waals surface area (Å²) in [6.07, 6.45) is 4.42. The average molecular weight is 518 g/mol. The summed E-state index contributed by atoms with van der Waals surface area (Å²) in [5, 5.41) is 22.6. The molecule has 6 rings (SSSR count). The summed E-state index contributed by atoms with van der Waals surface area (Å²) in [4.78, 5) is 0.100. The Morgan fingerprint density at radius 1 is 0.771 bits per heavy atom. The van der Waals surface area contributed by atoms with Crippen molar-refractivity contribution in [1.82, 2.24) is 9.44 Å². The Kier molecular flexibility index (Phi) is 5.35. The van der Waals surface area contributed by atoms with Crippen LogP contribution in [0.3, 0.4) is 0 Å². The highest BCUT2D eigenvalue weighted by Gasteiger charge is 2.41. The number of oxime groups is 1. The van der Waals surface area contributed by atoms with Crippen molar-refractivity contribution in [1.29, 1.82) is 0 Å². The first kappa shape index (κ1) is 23.1. The van der Waals surface area contributed by atoms with Gasteiger partial charge in [0.05, 0.1) is 15.9 Å². The Labute approximate surface area is 204 Å². The van der Waals surface area contributed by atoms with Crippen LogP contribution in [0.25, 0.3) is 11.1 Å². The van der Waals surface area contributed by atoms with E-state index in [9.17, 15) is 27.1 Å². The lowest BCUT2D eigenvalue weighted by atomic mass is 9.91. The topological polar surface area (TPSA) is 145 Å². The predicted octanol–water partition coefficient (Wildman–Crippen LogP) is 2.16. The second-order valence-electron chi connectivity index (χ2n) is 10.2. The third kappa shape index (κ3) is 3.89. The van der Waals surface area contributed by atoms with Gasteiger partial charge in [0.15, 0.2) is 0 Å². The van der Waals surface area contributed by atoms with E-state index in [1.54, 1.807) is 12.1 Å². The summed E-state index contributed by atoms with van der Waals surface area (Å²) in [5.41, 5.74) is 2.31. The molecule has 9 nitrogen and oxygen atoms in total. The van der Waals surface area contributed by atoms with E-state index < -0.39 is 26.2 Å². The van der Waals surface area contributed by atoms with Crippen LogP contribution >= 0.6 is 0 Å². The van der Waals surface area contributed by atoms with Crippen molar-refractivity contribution in [3.8, 4) is 11.1 Å². The maximum atomic E-state index is 13.2. The lowest BCUT2D eigenvalue weighted by molar-refractivity contribution is 0.0712. The fourth-order valence-corrected chi connectivity index (χ4v) is 8.75. The molecule has 11 heteroatoms. The molecule has 0 spiro atoms. The Balaban J connectivity index is 1.30. The van der Waals surface area contributed by atoms with Crippen molar-refractivity contribution in [2.75, 3.05) is 0 Å². The monoisotopic (exact) mass is 517 g/mol. The zero-order chi connectivity index (χ0) is 24.5. The summed E-state index contributed by atoms with van der Waals surface area (Å²) >= 11 is 0. The Morgan fingerprint density at radius 3 is 1.86 bits per heavy atom. The molecule has 3 atom stereocenters. The number of fused-ring (bicyclic) bond motifs is 5. The minimum atomic E-state index is -3.84. The number of nitrogens with zero attached hydrogens (tertiary/aromatic N) is 1. The molecule has 0 heterocycles. The minimum Gasteiger partial charge on any atom is -0.410 e. The molecule has 0 aromatic heterocycles. The number of hydrogen-bond acceptors (Lipinski definition) is 7. The molecule has 4 N–H and O–H groups in total. The van der Waals surface area contributed by atoms with E-state index in [0.29, 0.717) is 46.9 Å². The number of benzene rings is 2. The van der Waals surface area contributed by atoms with Gasteiger partial charge in [0.25, 0.3) is 0 Å². The fraction of sp³-hybridized carbons (Fsp3) is 0.458. The molecule has 3 saturated carbocycles. The van der Waals surface area contributed by atoms with Gasteiger partial charge in [-0.25, -0.2) is 26.3 Å². The van der Waals surface area contributed by atoms with E-state index >= 15 is 0 Å². The van der Waals surface area contributed by atoms with E-state index in [-0.39, 0.29) is 27.6 Å². The molecule has 0 saturated heterocycles. The van der Waals surface area contributed by atoms with Gasteiger partial charge in [-0.15, -0.1) is 0 Å². The van der Waals surface area contributed by atoms with Crippen LogP contribution in [-0.4, -0.2) is 51.0 Å². The number of aliphatic hydroxyl groups is 1. The first-order chi connectivity index (χ1) is 16.6. The average Bonchev–Trinajstić information content (AvgIpc) is 3.49. The lowest BCUT2D eigenvalue weighted by Gasteiger charge is -2.31. The van der Waals surface area contributed by atoms with E-state index in [1.165, 1.54) is 30.7 Å². The first-order valence-electron chi connectivity index (χ1n) is 11.9. The molecule has 0 aliphatic heterocycles. The molecule has 186 valence electrons. The maximum absolute atomic E-state index is 13.2. The molecule has 4 aliphatic carbocycles. The molecular formula is C24H27N3O6S2. The van der Waals surface area contributed by atoms with Crippen LogP contribution in [0.2, 0.25) is 0 Å². The van der Waals surface area contributed by atoms with E-state index in [2.05, 4.69) is 14.6 Å². The van der Waals surface area contributed by atoms with Crippen molar-refractivity contribution in [3.05, 3.63) is 47.5 Å². The SMILES string of the molecule is O=S(=O)(NC1CC(O)C1)c1ccc2c(c1)/C(=N/O)c1cc(S(=O)(=O)NC3CC4CCC3C4)ccc1-2. The van der Waals surface area contributed by atoms with Crippen LogP contribution in [0.4, 0.5) is 0 Å². The van der Waals surface area contributed by atoms with Crippen molar-refractivity contribution in [2.24, 2.45) is 17.0 Å². The van der Waals surface area contributed by atoms with Gasteiger partial charge in [0.1, 0.15) is 5.71 Å². The molecule has 0 amide bonds. The largest absolute Gasteiger partial charge is 0.410 e. The maximum Gasteiger partial charge on any atom is 0.240 e. The highest BCUT2D eigenvalue weighted by Crippen LogP contribution is 2.45. The Bertz CT molecular complexity index is 1450. The minimum absolute atomic E-state index is 0.0115. The van der Waals surface area contributed by atoms with Crippen molar-refractivity contribution < 1.29 is 27.1 Å². The zero-order valence-electron chi connectivity index (χ0n) is 18.9. The van der Waals surface area contributed by atoms with E-state index in [4.69, 9.17) is 0 Å². The number of aliphatic hydroxyl groups excluding tert-OH is 1. The second kappa shape index (κ2) is 8.10. The lowest BCUT2D eigenvalue weighted by Crippen LogP contribution is -2.46. The smallest absolute Gasteiger partial charge is 0.240 e. The van der Waals surface area contributed by atoms with Gasteiger partial charge in [-0.3, -0.25) is 0 Å². The van der Waals surface area contributed by atoms with Gasteiger partial charge in [-0.05, 0) is 79.3 Å². The first-order valence-corrected chi connectivity index (χ1v) is 14.9. The summed E-state index contributed by atoms with van der Waals surface area (Å²) < 4.78 is 57.4. The van der Waals surface area contributed by atoms with E-state index in [0.717, 1.165) is 19.3 Å². The van der Waals surface area contributed by atoms with Gasteiger partial charge >= 0.3 is 0 Å². The number of sulfonamides is 2. The number of rotatable bonds is 6. The second-order valence-corrected chi connectivity index (χ2v) is 13.6. The highest BCUT2D eigenvalue weighted by molar-refractivity contribution is 7.89. The molecule has 2 bridgehead atoms. The molecule has 3 unspecified atom stereocenters. The van der Waals surface area contributed by atoms with Crippen LogP contribution in [0.5, 0.6) is 0 Å². The van der Waals surface area contributed by atoms with E-state index in [1.807, 2.05) is 0 Å².